The van der Waals surface area contributed by atoms with Crippen molar-refractivity contribution in [2.24, 2.45) is 0 Å². The first-order valence-corrected chi connectivity index (χ1v) is 10.6. The third kappa shape index (κ3) is 4.57. The first-order valence-electron chi connectivity index (χ1n) is 9.75. The van der Waals surface area contributed by atoms with E-state index in [9.17, 15) is 4.79 Å². The number of nitrogens with zero attached hydrogens (tertiary/aromatic N) is 3. The van der Waals surface area contributed by atoms with E-state index in [-0.39, 0.29) is 5.91 Å². The lowest BCUT2D eigenvalue weighted by Gasteiger charge is -2.12. The number of anilines is 1. The van der Waals surface area contributed by atoms with Gasteiger partial charge in [-0.1, -0.05) is 0 Å². The van der Waals surface area contributed by atoms with Crippen molar-refractivity contribution in [3.05, 3.63) is 71.4 Å². The van der Waals surface area contributed by atoms with Crippen molar-refractivity contribution in [2.45, 2.75) is 6.54 Å². The largest absolute Gasteiger partial charge is 0.497 e. The van der Waals surface area contributed by atoms with Gasteiger partial charge in [-0.05, 0) is 36.4 Å². The Morgan fingerprint density at radius 3 is 2.47 bits per heavy atom. The number of carbonyl (C=O) groups is 1. The quantitative estimate of drug-likeness (QED) is 0.430. The van der Waals surface area contributed by atoms with Gasteiger partial charge in [0.05, 0.1) is 34.1 Å². The Hall–Kier alpha value is -3.85. The SMILES string of the molecule is COc1ccc(-c2nc(C(=O)Nc3ccnn3Cc3ccc(OC)cc3OC)cs2)cc1. The van der Waals surface area contributed by atoms with Crippen molar-refractivity contribution in [3.8, 4) is 27.8 Å². The van der Waals surface area contributed by atoms with Crippen molar-refractivity contribution in [2.75, 3.05) is 26.6 Å². The average molecular weight is 451 g/mol. The molecule has 2 aromatic carbocycles. The summed E-state index contributed by atoms with van der Waals surface area (Å²) in [6.07, 6.45) is 1.63. The molecule has 32 heavy (non-hydrogen) atoms. The van der Waals surface area contributed by atoms with Gasteiger partial charge in [-0.2, -0.15) is 5.10 Å². The van der Waals surface area contributed by atoms with Crippen LogP contribution in [0.1, 0.15) is 16.1 Å². The zero-order chi connectivity index (χ0) is 22.5. The summed E-state index contributed by atoms with van der Waals surface area (Å²) in [5, 5.41) is 9.72. The molecule has 2 aromatic heterocycles. The predicted octanol–water partition coefficient (Wildman–Crippen LogP) is 4.33. The van der Waals surface area contributed by atoms with Crippen molar-refractivity contribution in [1.82, 2.24) is 14.8 Å². The van der Waals surface area contributed by atoms with Gasteiger partial charge in [0, 0.05) is 28.6 Å². The Morgan fingerprint density at radius 2 is 1.75 bits per heavy atom. The average Bonchev–Trinajstić information content (AvgIpc) is 3.49. The number of nitrogens with one attached hydrogen (secondary N) is 1. The highest BCUT2D eigenvalue weighted by molar-refractivity contribution is 7.13. The summed E-state index contributed by atoms with van der Waals surface area (Å²) in [5.74, 6) is 2.41. The van der Waals surface area contributed by atoms with E-state index in [1.165, 1.54) is 11.3 Å². The molecule has 4 aromatic rings. The fraction of sp³-hybridized carbons (Fsp3) is 0.174. The zero-order valence-corrected chi connectivity index (χ0v) is 18.7. The predicted molar refractivity (Wildman–Crippen MR) is 123 cm³/mol. The van der Waals surface area contributed by atoms with Gasteiger partial charge >= 0.3 is 0 Å². The number of methoxy groups -OCH3 is 3. The Labute approximate surface area is 189 Å². The van der Waals surface area contributed by atoms with Gasteiger partial charge in [-0.3, -0.25) is 4.79 Å². The van der Waals surface area contributed by atoms with Crippen LogP contribution in [0.15, 0.2) is 60.1 Å². The molecule has 2 heterocycles. The van der Waals surface area contributed by atoms with Gasteiger partial charge in [-0.25, -0.2) is 9.67 Å². The van der Waals surface area contributed by atoms with E-state index in [1.807, 2.05) is 42.5 Å². The van der Waals surface area contributed by atoms with Crippen LogP contribution < -0.4 is 19.5 Å². The van der Waals surface area contributed by atoms with Crippen molar-refractivity contribution >= 4 is 23.1 Å². The van der Waals surface area contributed by atoms with Crippen molar-refractivity contribution < 1.29 is 19.0 Å². The lowest BCUT2D eigenvalue weighted by atomic mass is 10.2. The molecule has 8 nitrogen and oxygen atoms in total. The maximum Gasteiger partial charge on any atom is 0.276 e. The van der Waals surface area contributed by atoms with E-state index in [2.05, 4.69) is 15.4 Å². The number of amides is 1. The van der Waals surface area contributed by atoms with E-state index < -0.39 is 0 Å². The molecule has 0 bridgehead atoms. The smallest absolute Gasteiger partial charge is 0.276 e. The molecule has 1 N–H and O–H groups in total. The molecule has 0 saturated heterocycles. The minimum Gasteiger partial charge on any atom is -0.497 e. The third-order valence-electron chi connectivity index (χ3n) is 4.85. The van der Waals surface area contributed by atoms with Gasteiger partial charge in [0.1, 0.15) is 33.8 Å². The summed E-state index contributed by atoms with van der Waals surface area (Å²) in [4.78, 5) is 17.3. The molecule has 0 unspecified atom stereocenters. The number of hydrogen-bond acceptors (Lipinski definition) is 7. The number of aromatic nitrogens is 3. The van der Waals surface area contributed by atoms with E-state index >= 15 is 0 Å². The standard InChI is InChI=1S/C23H22N4O4S/c1-29-17-7-4-15(5-8-17)23-25-19(14-32-23)22(28)26-21-10-11-24-27(21)13-16-6-9-18(30-2)12-20(16)31-3/h4-12,14H,13H2,1-3H3,(H,26,28). The number of thiazole rings is 1. The third-order valence-corrected chi connectivity index (χ3v) is 5.74. The summed E-state index contributed by atoms with van der Waals surface area (Å²) in [7, 11) is 4.83. The second-order valence-corrected chi connectivity index (χ2v) is 7.63. The fourth-order valence-corrected chi connectivity index (χ4v) is 3.94. The van der Waals surface area contributed by atoms with Crippen LogP contribution in [0.25, 0.3) is 10.6 Å². The number of carbonyl (C=O) groups excluding carboxylic acids is 1. The summed E-state index contributed by atoms with van der Waals surface area (Å²) >= 11 is 1.41. The molecule has 0 aliphatic heterocycles. The van der Waals surface area contributed by atoms with Gasteiger partial charge in [0.15, 0.2) is 0 Å². The molecule has 4 rings (SSSR count). The number of hydrogen-bond donors (Lipinski definition) is 1. The maximum absolute atomic E-state index is 12.8. The van der Waals surface area contributed by atoms with Crippen LogP contribution >= 0.6 is 11.3 Å². The van der Waals surface area contributed by atoms with E-state index in [4.69, 9.17) is 14.2 Å². The van der Waals surface area contributed by atoms with Crippen LogP contribution in [0.2, 0.25) is 0 Å². The second-order valence-electron chi connectivity index (χ2n) is 6.77. The van der Waals surface area contributed by atoms with E-state index in [1.54, 1.807) is 43.7 Å². The van der Waals surface area contributed by atoms with Crippen molar-refractivity contribution in [1.29, 1.82) is 0 Å². The van der Waals surface area contributed by atoms with Crippen LogP contribution in [0, 0.1) is 0 Å². The summed E-state index contributed by atoms with van der Waals surface area (Å²) in [5.41, 5.74) is 2.17. The van der Waals surface area contributed by atoms with Gasteiger partial charge in [0.25, 0.3) is 5.91 Å². The highest BCUT2D eigenvalue weighted by atomic mass is 32.1. The Bertz CT molecular complexity index is 1220. The van der Waals surface area contributed by atoms with Gasteiger partial charge in [0.2, 0.25) is 0 Å². The molecule has 164 valence electrons. The molecular weight excluding hydrogens is 428 g/mol. The topological polar surface area (TPSA) is 87.5 Å². The molecule has 0 aliphatic rings. The normalized spacial score (nSPS) is 10.6. The van der Waals surface area contributed by atoms with Gasteiger partial charge < -0.3 is 19.5 Å². The molecule has 0 radical (unpaired) electrons. The second kappa shape index (κ2) is 9.52. The van der Waals surface area contributed by atoms with Crippen LogP contribution in [-0.2, 0) is 6.54 Å². The minimum absolute atomic E-state index is 0.301. The molecule has 0 atom stereocenters. The first kappa shape index (κ1) is 21.4. The monoisotopic (exact) mass is 450 g/mol. The van der Waals surface area contributed by atoms with E-state index in [0.29, 0.717) is 29.6 Å². The molecular formula is C23H22N4O4S. The minimum atomic E-state index is -0.301. The molecule has 0 spiro atoms. The molecule has 0 aliphatic carbocycles. The van der Waals surface area contributed by atoms with Crippen LogP contribution in [-0.4, -0.2) is 42.0 Å². The lowest BCUT2D eigenvalue weighted by Crippen LogP contribution is -2.16. The number of rotatable bonds is 8. The number of benzene rings is 2. The highest BCUT2D eigenvalue weighted by Gasteiger charge is 2.15. The maximum atomic E-state index is 12.8. The van der Waals surface area contributed by atoms with E-state index in [0.717, 1.165) is 21.9 Å². The first-order chi connectivity index (χ1) is 15.6. The summed E-state index contributed by atoms with van der Waals surface area (Å²) < 4.78 is 17.6. The molecule has 0 saturated carbocycles. The lowest BCUT2D eigenvalue weighted by molar-refractivity contribution is 0.102. The van der Waals surface area contributed by atoms with Gasteiger partial charge in [-0.15, -0.1) is 11.3 Å². The molecule has 0 fully saturated rings. The van der Waals surface area contributed by atoms with Crippen LogP contribution in [0.3, 0.4) is 0 Å². The summed E-state index contributed by atoms with van der Waals surface area (Å²) in [6, 6.07) is 14.9. The summed E-state index contributed by atoms with van der Waals surface area (Å²) in [6.45, 7) is 0.421. The zero-order valence-electron chi connectivity index (χ0n) is 17.9. The molecule has 1 amide bonds. The fourth-order valence-electron chi connectivity index (χ4n) is 3.13. The number of ether oxygens (including phenoxy) is 3. The Kier molecular flexibility index (Phi) is 6.37. The van der Waals surface area contributed by atoms with Crippen LogP contribution in [0.4, 0.5) is 5.82 Å². The van der Waals surface area contributed by atoms with Crippen LogP contribution in [0.5, 0.6) is 17.2 Å². The van der Waals surface area contributed by atoms with Crippen molar-refractivity contribution in [3.63, 3.8) is 0 Å². The Morgan fingerprint density at radius 1 is 1.00 bits per heavy atom. The highest BCUT2D eigenvalue weighted by Crippen LogP contribution is 2.27. The Balaban J connectivity index is 1.49. The molecule has 9 heteroatoms.